The van der Waals surface area contributed by atoms with Gasteiger partial charge < -0.3 is 4.42 Å². The first-order chi connectivity index (χ1) is 15.3. The Morgan fingerprint density at radius 2 is 1.66 bits per heavy atom. The second-order valence-electron chi connectivity index (χ2n) is 8.33. The molecule has 0 aliphatic heterocycles. The first-order valence-corrected chi connectivity index (χ1v) is 12.0. The van der Waals surface area contributed by atoms with Gasteiger partial charge in [0.05, 0.1) is 4.90 Å². The van der Waals surface area contributed by atoms with Crippen molar-refractivity contribution in [2.75, 3.05) is 4.72 Å². The molecule has 0 fully saturated rings. The molecule has 1 aromatic heterocycles. The molecule has 0 spiro atoms. The Bertz CT molecular complexity index is 1310. The van der Waals surface area contributed by atoms with Crippen molar-refractivity contribution in [3.63, 3.8) is 0 Å². The smallest absolute Gasteiger partial charge is 0.261 e. The van der Waals surface area contributed by atoms with E-state index >= 15 is 0 Å². The zero-order chi connectivity index (χ0) is 22.7. The number of nitrogens with zero attached hydrogens (tertiary/aromatic N) is 1. The molecule has 164 valence electrons. The van der Waals surface area contributed by atoms with Gasteiger partial charge in [0.1, 0.15) is 12.0 Å². The minimum atomic E-state index is -3.70. The van der Waals surface area contributed by atoms with Gasteiger partial charge in [0.15, 0.2) is 0 Å². The molecule has 0 atom stereocenters. The molecular weight excluding hydrogens is 420 g/mol. The molecule has 0 saturated carbocycles. The zero-order valence-electron chi connectivity index (χ0n) is 18.4. The van der Waals surface area contributed by atoms with Gasteiger partial charge in [-0.1, -0.05) is 61.9 Å². The summed E-state index contributed by atoms with van der Waals surface area (Å²) >= 11 is 0. The van der Waals surface area contributed by atoms with E-state index in [1.54, 1.807) is 36.6 Å². The molecule has 3 aromatic carbocycles. The number of benzene rings is 3. The minimum Gasteiger partial charge on any atom is -0.444 e. The number of sulfonamides is 1. The second-order valence-corrected chi connectivity index (χ2v) is 10.0. The lowest BCUT2D eigenvalue weighted by molar-refractivity contribution is 0.575. The van der Waals surface area contributed by atoms with Crippen molar-refractivity contribution in [2.24, 2.45) is 5.92 Å². The van der Waals surface area contributed by atoms with Gasteiger partial charge >= 0.3 is 0 Å². The quantitative estimate of drug-likeness (QED) is 0.361. The lowest BCUT2D eigenvalue weighted by atomic mass is 10.0. The van der Waals surface area contributed by atoms with Gasteiger partial charge in [-0.25, -0.2) is 13.4 Å². The predicted molar refractivity (Wildman–Crippen MR) is 128 cm³/mol. The van der Waals surface area contributed by atoms with E-state index in [9.17, 15) is 8.42 Å². The van der Waals surface area contributed by atoms with Gasteiger partial charge in [0, 0.05) is 16.8 Å². The second kappa shape index (κ2) is 9.01. The van der Waals surface area contributed by atoms with Crippen LogP contribution in [0, 0.1) is 12.8 Å². The topological polar surface area (TPSA) is 72.2 Å². The lowest BCUT2D eigenvalue weighted by Gasteiger charge is -2.10. The summed E-state index contributed by atoms with van der Waals surface area (Å²) in [4.78, 5) is 4.80. The lowest BCUT2D eigenvalue weighted by Crippen LogP contribution is -2.13. The van der Waals surface area contributed by atoms with Crippen molar-refractivity contribution in [1.29, 1.82) is 0 Å². The Morgan fingerprint density at radius 1 is 0.938 bits per heavy atom. The third-order valence-electron chi connectivity index (χ3n) is 5.09. The first kappa shape index (κ1) is 21.8. The van der Waals surface area contributed by atoms with Crippen molar-refractivity contribution in [3.05, 3.63) is 90.2 Å². The molecule has 5 nitrogen and oxygen atoms in total. The highest BCUT2D eigenvalue weighted by Crippen LogP contribution is 2.27. The molecule has 0 aliphatic rings. The molecule has 0 aliphatic carbocycles. The summed E-state index contributed by atoms with van der Waals surface area (Å²) < 4.78 is 34.0. The molecular formula is C26H26N2O3S. The highest BCUT2D eigenvalue weighted by atomic mass is 32.2. The van der Waals surface area contributed by atoms with Crippen LogP contribution in [0.15, 0.2) is 88.4 Å². The Kier molecular flexibility index (Phi) is 6.15. The van der Waals surface area contributed by atoms with Crippen LogP contribution >= 0.6 is 0 Å². The maximum absolute atomic E-state index is 12.8. The van der Waals surface area contributed by atoms with E-state index in [4.69, 9.17) is 4.42 Å². The van der Waals surface area contributed by atoms with Crippen molar-refractivity contribution in [2.45, 2.75) is 32.1 Å². The maximum atomic E-state index is 12.8. The van der Waals surface area contributed by atoms with Crippen molar-refractivity contribution >= 4 is 15.7 Å². The SMILES string of the molecule is Cc1ccc(-c2coc(-c3cccc(NS(=O)(=O)c4ccc(CC(C)C)cc4)c3)n2)cc1. The fourth-order valence-electron chi connectivity index (χ4n) is 3.47. The molecule has 0 amide bonds. The Hall–Kier alpha value is -3.38. The summed E-state index contributed by atoms with van der Waals surface area (Å²) in [7, 11) is -3.70. The number of aryl methyl sites for hydroxylation is 1. The summed E-state index contributed by atoms with van der Waals surface area (Å²) in [5.41, 5.74) is 5.12. The third kappa shape index (κ3) is 5.08. The fraction of sp³-hybridized carbons (Fsp3) is 0.192. The molecule has 0 bridgehead atoms. The van der Waals surface area contributed by atoms with Crippen LogP contribution in [0.4, 0.5) is 5.69 Å². The van der Waals surface area contributed by atoms with Crippen molar-refractivity contribution in [1.82, 2.24) is 4.98 Å². The first-order valence-electron chi connectivity index (χ1n) is 10.5. The van der Waals surface area contributed by atoms with Gasteiger partial charge in [-0.2, -0.15) is 0 Å². The summed E-state index contributed by atoms with van der Waals surface area (Å²) in [5.74, 6) is 0.944. The molecule has 4 rings (SSSR count). The number of hydrogen-bond donors (Lipinski definition) is 1. The van der Waals surface area contributed by atoms with Crippen LogP contribution in [0.5, 0.6) is 0 Å². The number of aromatic nitrogens is 1. The van der Waals surface area contributed by atoms with E-state index in [1.165, 1.54) is 5.56 Å². The predicted octanol–water partition coefficient (Wildman–Crippen LogP) is 6.32. The van der Waals surface area contributed by atoms with Crippen LogP contribution in [0.1, 0.15) is 25.0 Å². The van der Waals surface area contributed by atoms with E-state index in [0.717, 1.165) is 23.2 Å². The van der Waals surface area contributed by atoms with Gasteiger partial charge in [-0.3, -0.25) is 4.72 Å². The monoisotopic (exact) mass is 446 g/mol. The van der Waals surface area contributed by atoms with Gasteiger partial charge in [0.25, 0.3) is 10.0 Å². The van der Waals surface area contributed by atoms with Crippen LogP contribution in [0.3, 0.4) is 0 Å². The van der Waals surface area contributed by atoms with E-state index in [2.05, 4.69) is 23.6 Å². The summed E-state index contributed by atoms with van der Waals surface area (Å²) in [5, 5.41) is 0. The number of anilines is 1. The maximum Gasteiger partial charge on any atom is 0.261 e. The molecule has 32 heavy (non-hydrogen) atoms. The van der Waals surface area contributed by atoms with Crippen LogP contribution < -0.4 is 4.72 Å². The Balaban J connectivity index is 1.54. The minimum absolute atomic E-state index is 0.230. The fourth-order valence-corrected chi connectivity index (χ4v) is 4.52. The number of hydrogen-bond acceptors (Lipinski definition) is 4. The van der Waals surface area contributed by atoms with E-state index in [1.807, 2.05) is 49.4 Å². The molecule has 0 radical (unpaired) electrons. The summed E-state index contributed by atoms with van der Waals surface area (Å²) in [6.07, 6.45) is 2.52. The summed E-state index contributed by atoms with van der Waals surface area (Å²) in [6.45, 7) is 6.30. The highest BCUT2D eigenvalue weighted by molar-refractivity contribution is 7.92. The Labute approximate surface area is 189 Å². The highest BCUT2D eigenvalue weighted by Gasteiger charge is 2.16. The Morgan fingerprint density at radius 3 is 2.34 bits per heavy atom. The average molecular weight is 447 g/mol. The van der Waals surface area contributed by atoms with Crippen molar-refractivity contribution < 1.29 is 12.8 Å². The molecule has 1 heterocycles. The molecule has 6 heteroatoms. The molecule has 4 aromatic rings. The zero-order valence-corrected chi connectivity index (χ0v) is 19.2. The normalized spacial score (nSPS) is 11.6. The van der Waals surface area contributed by atoms with Crippen LogP contribution in [0.2, 0.25) is 0 Å². The van der Waals surface area contributed by atoms with Gasteiger partial charge in [0.2, 0.25) is 5.89 Å². The van der Waals surface area contributed by atoms with Crippen molar-refractivity contribution in [3.8, 4) is 22.7 Å². The van der Waals surface area contributed by atoms with E-state index in [-0.39, 0.29) is 4.90 Å². The van der Waals surface area contributed by atoms with Gasteiger partial charge in [-0.15, -0.1) is 0 Å². The van der Waals surface area contributed by atoms with Crippen LogP contribution in [0.25, 0.3) is 22.7 Å². The van der Waals surface area contributed by atoms with E-state index < -0.39 is 10.0 Å². The summed E-state index contributed by atoms with van der Waals surface area (Å²) in [6, 6.07) is 22.1. The van der Waals surface area contributed by atoms with E-state index in [0.29, 0.717) is 23.1 Å². The number of rotatable bonds is 7. The number of oxazole rings is 1. The van der Waals surface area contributed by atoms with Crippen LogP contribution in [-0.4, -0.2) is 13.4 Å². The molecule has 0 saturated heterocycles. The number of nitrogens with one attached hydrogen (secondary N) is 1. The standard InChI is InChI=1S/C26H26N2O3S/c1-18(2)15-20-9-13-24(14-10-20)32(29,30)28-23-6-4-5-22(16-23)26-27-25(17-31-26)21-11-7-19(3)8-12-21/h4-14,16-18,28H,15H2,1-3H3. The van der Waals surface area contributed by atoms with Gasteiger partial charge in [-0.05, 0) is 55.2 Å². The average Bonchev–Trinajstić information content (AvgIpc) is 3.24. The molecule has 0 unspecified atom stereocenters. The van der Waals surface area contributed by atoms with Crippen LogP contribution in [-0.2, 0) is 16.4 Å². The molecule has 1 N–H and O–H groups in total. The third-order valence-corrected chi connectivity index (χ3v) is 6.49. The largest absolute Gasteiger partial charge is 0.444 e.